The van der Waals surface area contributed by atoms with E-state index in [2.05, 4.69) is 6.07 Å². The summed E-state index contributed by atoms with van der Waals surface area (Å²) < 4.78 is 43.4. The summed E-state index contributed by atoms with van der Waals surface area (Å²) in [5.41, 5.74) is 1.75. The van der Waals surface area contributed by atoms with Gasteiger partial charge in [-0.25, -0.2) is 8.42 Å². The Labute approximate surface area is 234 Å². The highest BCUT2D eigenvalue weighted by atomic mass is 32.2. The Bertz CT molecular complexity index is 1690. The van der Waals surface area contributed by atoms with Gasteiger partial charge in [-0.15, -0.1) is 0 Å². The van der Waals surface area contributed by atoms with Crippen molar-refractivity contribution in [1.82, 2.24) is 4.31 Å². The predicted octanol–water partition coefficient (Wildman–Crippen LogP) is 6.07. The van der Waals surface area contributed by atoms with Gasteiger partial charge in [0.2, 0.25) is 10.0 Å². The predicted molar refractivity (Wildman–Crippen MR) is 150 cm³/mol. The molecule has 3 heterocycles. The molecule has 5 atom stereocenters. The average molecular weight is 552 g/mol. The third-order valence-electron chi connectivity index (χ3n) is 8.73. The number of ether oxygens (including phenoxy) is 2. The zero-order valence-corrected chi connectivity index (χ0v) is 22.8. The quantitative estimate of drug-likeness (QED) is 0.282. The van der Waals surface area contributed by atoms with Crippen molar-refractivity contribution < 1.29 is 22.7 Å². The molecule has 0 radical (unpaired) electrons. The number of hydrogen-bond donors (Lipinski definition) is 0. The van der Waals surface area contributed by atoms with E-state index in [-0.39, 0.29) is 23.0 Å². The van der Waals surface area contributed by atoms with Crippen LogP contribution in [0.4, 0.5) is 0 Å². The summed E-state index contributed by atoms with van der Waals surface area (Å²) in [5.74, 6) is 0.150. The van der Waals surface area contributed by atoms with Crippen LogP contribution in [0, 0.1) is 5.92 Å². The molecule has 0 aromatic heterocycles. The number of piperidine rings is 1. The molecular weight excluding hydrogens is 522 g/mol. The smallest absolute Gasteiger partial charge is 0.246 e. The lowest BCUT2D eigenvalue weighted by Gasteiger charge is -2.56. The van der Waals surface area contributed by atoms with Crippen molar-refractivity contribution in [3.8, 4) is 5.75 Å². The van der Waals surface area contributed by atoms with Gasteiger partial charge in [0.05, 0.1) is 10.8 Å². The van der Waals surface area contributed by atoms with E-state index in [9.17, 15) is 13.2 Å². The lowest BCUT2D eigenvalue weighted by molar-refractivity contribution is -0.210. The summed E-state index contributed by atoms with van der Waals surface area (Å²) in [6, 6.07) is 33.4. The van der Waals surface area contributed by atoms with Crippen LogP contribution in [0.25, 0.3) is 0 Å². The highest BCUT2D eigenvalue weighted by molar-refractivity contribution is 7.89. The van der Waals surface area contributed by atoms with E-state index >= 15 is 0 Å². The highest BCUT2D eigenvalue weighted by Crippen LogP contribution is 2.64. The number of nitrogens with zero attached hydrogens (tertiary/aromatic N) is 1. The Kier molecular flexibility index (Phi) is 5.93. The van der Waals surface area contributed by atoms with Gasteiger partial charge in [-0.2, -0.15) is 4.31 Å². The molecule has 0 saturated carbocycles. The van der Waals surface area contributed by atoms with Crippen molar-refractivity contribution in [2.45, 2.75) is 41.5 Å². The Hall–Kier alpha value is -3.78. The van der Waals surface area contributed by atoms with Crippen LogP contribution in [0.15, 0.2) is 114 Å². The molecule has 0 N–H and O–H groups in total. The molecule has 0 unspecified atom stereocenters. The number of para-hydroxylation sites is 1. The molecule has 4 aromatic carbocycles. The summed E-state index contributed by atoms with van der Waals surface area (Å²) in [5, 5.41) is 0. The number of ketones is 1. The summed E-state index contributed by atoms with van der Waals surface area (Å²) in [6.45, 7) is 0. The van der Waals surface area contributed by atoms with Gasteiger partial charge >= 0.3 is 0 Å². The van der Waals surface area contributed by atoms with Crippen LogP contribution in [0.2, 0.25) is 0 Å². The van der Waals surface area contributed by atoms with Gasteiger partial charge in [0.25, 0.3) is 0 Å². The third kappa shape index (κ3) is 3.54. The fourth-order valence-corrected chi connectivity index (χ4v) is 9.37. The third-order valence-corrected chi connectivity index (χ3v) is 10.7. The van der Waals surface area contributed by atoms with Crippen LogP contribution in [0.3, 0.4) is 0 Å². The first-order chi connectivity index (χ1) is 19.5. The second-order valence-corrected chi connectivity index (χ2v) is 12.5. The van der Waals surface area contributed by atoms with E-state index in [1.165, 1.54) is 4.31 Å². The summed E-state index contributed by atoms with van der Waals surface area (Å²) in [4.78, 5) is 13.8. The monoisotopic (exact) mass is 551 g/mol. The van der Waals surface area contributed by atoms with Crippen molar-refractivity contribution in [3.05, 3.63) is 131 Å². The number of hydrogen-bond acceptors (Lipinski definition) is 5. The molecule has 3 aliphatic heterocycles. The van der Waals surface area contributed by atoms with E-state index in [0.29, 0.717) is 17.5 Å². The number of carbonyl (C=O) groups excluding carboxylic acids is 1. The van der Waals surface area contributed by atoms with E-state index in [0.717, 1.165) is 16.9 Å². The van der Waals surface area contributed by atoms with Crippen LogP contribution >= 0.6 is 0 Å². The van der Waals surface area contributed by atoms with Crippen LogP contribution in [-0.4, -0.2) is 31.7 Å². The molecule has 6 nitrogen and oxygen atoms in total. The second-order valence-electron chi connectivity index (χ2n) is 10.7. The van der Waals surface area contributed by atoms with E-state index in [1.54, 1.807) is 31.4 Å². The minimum atomic E-state index is -3.99. The molecule has 0 amide bonds. The lowest BCUT2D eigenvalue weighted by Crippen LogP contribution is -2.63. The molecule has 3 aliphatic rings. The molecule has 0 spiro atoms. The lowest BCUT2D eigenvalue weighted by atomic mass is 9.64. The fraction of sp³-hybridized carbons (Fsp3) is 0.242. The van der Waals surface area contributed by atoms with Gasteiger partial charge in [-0.05, 0) is 29.7 Å². The summed E-state index contributed by atoms with van der Waals surface area (Å²) in [7, 11) is -2.41. The van der Waals surface area contributed by atoms with E-state index in [4.69, 9.17) is 9.47 Å². The Balaban J connectivity index is 1.47. The molecule has 1 fully saturated rings. The fourth-order valence-electron chi connectivity index (χ4n) is 7.21. The SMILES string of the molecule is CO[C@]12c3ccccc3S(=O)(=O)N1[C@@H](CC(=O)c1ccccc1)C[C@H]1c3ccccc3O[C@@H](c3ccccc3)[C@@H]12. The van der Waals surface area contributed by atoms with Crippen LogP contribution < -0.4 is 4.74 Å². The minimum absolute atomic E-state index is 0.0462. The van der Waals surface area contributed by atoms with Crippen molar-refractivity contribution in [1.29, 1.82) is 0 Å². The average Bonchev–Trinajstić information content (AvgIpc) is 3.22. The highest BCUT2D eigenvalue weighted by Gasteiger charge is 2.68. The van der Waals surface area contributed by atoms with E-state index < -0.39 is 33.8 Å². The number of Topliss-reactive ketones (excluding diaryl/α,β-unsaturated/α-hetero) is 1. The molecule has 202 valence electrons. The standard InChI is InChI=1S/C33H29NO5S/c1-38-33-27-17-9-11-19-30(27)40(36,37)34(33)24(21-28(35)22-12-4-2-5-13-22)20-26-25-16-8-10-18-29(25)39-32(31(26)33)23-14-6-3-7-15-23/h2-19,24,26,31-32H,20-21H2,1H3/t24-,26+,31-,32+,33+/m1/s1. The Morgan fingerprint density at radius 1 is 0.900 bits per heavy atom. The number of carbonyl (C=O) groups is 1. The first-order valence-electron chi connectivity index (χ1n) is 13.5. The van der Waals surface area contributed by atoms with Gasteiger partial charge in [0.15, 0.2) is 11.5 Å². The number of benzene rings is 4. The van der Waals surface area contributed by atoms with Crippen molar-refractivity contribution >= 4 is 15.8 Å². The van der Waals surface area contributed by atoms with Crippen molar-refractivity contribution in [2.75, 3.05) is 7.11 Å². The number of rotatable bonds is 5. The molecule has 1 saturated heterocycles. The maximum atomic E-state index is 14.4. The Morgan fingerprint density at radius 3 is 2.30 bits per heavy atom. The first kappa shape index (κ1) is 25.2. The van der Waals surface area contributed by atoms with Crippen LogP contribution in [0.1, 0.15) is 51.9 Å². The maximum absolute atomic E-state index is 14.4. The van der Waals surface area contributed by atoms with Crippen LogP contribution in [-0.2, 0) is 20.5 Å². The Morgan fingerprint density at radius 2 is 1.55 bits per heavy atom. The second kappa shape index (κ2) is 9.41. The number of fused-ring (bicyclic) bond motifs is 7. The molecule has 0 bridgehead atoms. The van der Waals surface area contributed by atoms with Crippen molar-refractivity contribution in [2.24, 2.45) is 5.92 Å². The maximum Gasteiger partial charge on any atom is 0.246 e. The molecular formula is C33H29NO5S. The topological polar surface area (TPSA) is 72.9 Å². The molecule has 4 aromatic rings. The van der Waals surface area contributed by atoms with Crippen molar-refractivity contribution in [3.63, 3.8) is 0 Å². The summed E-state index contributed by atoms with van der Waals surface area (Å²) in [6.07, 6.45) is 0.0336. The largest absolute Gasteiger partial charge is 0.485 e. The van der Waals surface area contributed by atoms with Gasteiger partial charge in [0, 0.05) is 36.6 Å². The van der Waals surface area contributed by atoms with Gasteiger partial charge in [-0.1, -0.05) is 97.1 Å². The first-order valence-corrected chi connectivity index (χ1v) is 15.0. The van der Waals surface area contributed by atoms with Gasteiger partial charge in [0.1, 0.15) is 11.9 Å². The zero-order valence-electron chi connectivity index (χ0n) is 22.0. The van der Waals surface area contributed by atoms with Gasteiger partial charge < -0.3 is 9.47 Å². The molecule has 7 rings (SSSR count). The minimum Gasteiger partial charge on any atom is -0.485 e. The molecule has 40 heavy (non-hydrogen) atoms. The number of sulfonamides is 1. The number of methoxy groups -OCH3 is 1. The summed E-state index contributed by atoms with van der Waals surface area (Å²) >= 11 is 0. The van der Waals surface area contributed by atoms with Crippen LogP contribution in [0.5, 0.6) is 5.75 Å². The molecule has 0 aliphatic carbocycles. The van der Waals surface area contributed by atoms with E-state index in [1.807, 2.05) is 78.9 Å². The zero-order chi connectivity index (χ0) is 27.5. The molecule has 7 heteroatoms. The van der Waals surface area contributed by atoms with Gasteiger partial charge in [-0.3, -0.25) is 4.79 Å². The normalized spacial score (nSPS) is 27.9.